The second kappa shape index (κ2) is 5.33. The molecule has 5 nitrogen and oxygen atoms in total. The van der Waals surface area contributed by atoms with E-state index in [4.69, 9.17) is 11.6 Å². The van der Waals surface area contributed by atoms with Crippen molar-refractivity contribution in [1.82, 2.24) is 9.97 Å². The van der Waals surface area contributed by atoms with E-state index in [1.54, 1.807) is 0 Å². The van der Waals surface area contributed by atoms with Crippen molar-refractivity contribution in [1.29, 1.82) is 0 Å². The fourth-order valence-electron chi connectivity index (χ4n) is 2.49. The van der Waals surface area contributed by atoms with Crippen LogP contribution in [0.1, 0.15) is 17.7 Å². The molecule has 0 spiro atoms. The van der Waals surface area contributed by atoms with Crippen LogP contribution in [0, 0.1) is 13.8 Å². The molecule has 6 heteroatoms. The number of nitrogens with zero attached hydrogens (tertiary/aromatic N) is 3. The van der Waals surface area contributed by atoms with Gasteiger partial charge in [-0.25, -0.2) is 4.98 Å². The Hall–Kier alpha value is -2.14. The summed E-state index contributed by atoms with van der Waals surface area (Å²) in [4.78, 5) is 22.4. The number of para-hydroxylation sites is 1. The highest BCUT2D eigenvalue weighted by atomic mass is 35.5. The van der Waals surface area contributed by atoms with Crippen LogP contribution in [0.25, 0.3) is 0 Å². The van der Waals surface area contributed by atoms with Crippen LogP contribution in [0.15, 0.2) is 24.3 Å². The Kier molecular flexibility index (Phi) is 3.51. The number of fused-ring (bicyclic) bond motifs is 1. The van der Waals surface area contributed by atoms with Crippen LogP contribution in [0.2, 0.25) is 5.28 Å². The Bertz CT molecular complexity index is 717. The van der Waals surface area contributed by atoms with Crippen molar-refractivity contribution in [2.75, 3.05) is 16.8 Å². The van der Waals surface area contributed by atoms with Gasteiger partial charge in [-0.1, -0.05) is 18.2 Å². The summed E-state index contributed by atoms with van der Waals surface area (Å²) in [6.45, 7) is 4.40. The average Bonchev–Trinajstić information content (AvgIpc) is 2.59. The minimum Gasteiger partial charge on any atom is -0.324 e. The van der Waals surface area contributed by atoms with Crippen molar-refractivity contribution in [2.24, 2.45) is 0 Å². The molecule has 1 N–H and O–H groups in total. The molecule has 0 bridgehead atoms. The lowest BCUT2D eigenvalue weighted by Crippen LogP contribution is -2.20. The SMILES string of the molecule is Cc1ccccc1N1CCC(=O)Nc2c(C)nc(Cl)nc21. The van der Waals surface area contributed by atoms with Crippen LogP contribution >= 0.6 is 11.6 Å². The van der Waals surface area contributed by atoms with Crippen LogP contribution in [-0.4, -0.2) is 22.4 Å². The Labute approximate surface area is 128 Å². The van der Waals surface area contributed by atoms with Crippen LogP contribution in [0.3, 0.4) is 0 Å². The highest BCUT2D eigenvalue weighted by Gasteiger charge is 2.25. The highest BCUT2D eigenvalue weighted by Crippen LogP contribution is 2.36. The summed E-state index contributed by atoms with van der Waals surface area (Å²) in [6, 6.07) is 8.00. The standard InChI is InChI=1S/C15H15ClN4O/c1-9-5-3-4-6-11(9)20-8-7-12(21)18-13-10(2)17-15(16)19-14(13)20/h3-6H,7-8H2,1-2H3,(H,18,21). The Morgan fingerprint density at radius 1 is 1.24 bits per heavy atom. The third-order valence-electron chi connectivity index (χ3n) is 3.53. The van der Waals surface area contributed by atoms with Gasteiger partial charge in [-0.2, -0.15) is 4.98 Å². The zero-order valence-corrected chi connectivity index (χ0v) is 12.6. The topological polar surface area (TPSA) is 58.1 Å². The summed E-state index contributed by atoms with van der Waals surface area (Å²) < 4.78 is 0. The van der Waals surface area contributed by atoms with Gasteiger partial charge < -0.3 is 10.2 Å². The minimum absolute atomic E-state index is 0.0404. The fraction of sp³-hybridized carbons (Fsp3) is 0.267. The van der Waals surface area contributed by atoms with Crippen molar-refractivity contribution in [3.8, 4) is 0 Å². The van der Waals surface area contributed by atoms with Crippen LogP contribution in [0.4, 0.5) is 17.2 Å². The van der Waals surface area contributed by atoms with Crippen molar-refractivity contribution >= 4 is 34.7 Å². The molecule has 1 amide bonds. The number of benzene rings is 1. The number of aryl methyl sites for hydroxylation is 2. The van der Waals surface area contributed by atoms with Gasteiger partial charge in [-0.15, -0.1) is 0 Å². The number of hydrogen-bond acceptors (Lipinski definition) is 4. The van der Waals surface area contributed by atoms with E-state index in [0.717, 1.165) is 11.3 Å². The summed E-state index contributed by atoms with van der Waals surface area (Å²) in [5.41, 5.74) is 3.43. The highest BCUT2D eigenvalue weighted by molar-refractivity contribution is 6.28. The van der Waals surface area contributed by atoms with Gasteiger partial charge in [0.1, 0.15) is 5.69 Å². The zero-order valence-electron chi connectivity index (χ0n) is 11.9. The first-order chi connectivity index (χ1) is 10.1. The maximum Gasteiger partial charge on any atom is 0.226 e. The molecule has 0 saturated heterocycles. The molecule has 3 rings (SSSR count). The van der Waals surface area contributed by atoms with E-state index >= 15 is 0 Å². The van der Waals surface area contributed by atoms with Crippen molar-refractivity contribution in [3.63, 3.8) is 0 Å². The first-order valence-corrected chi connectivity index (χ1v) is 7.11. The second-order valence-electron chi connectivity index (χ2n) is 5.01. The quantitative estimate of drug-likeness (QED) is 0.822. The molecule has 0 aliphatic carbocycles. The molecule has 0 unspecified atom stereocenters. The molecule has 1 aliphatic rings. The number of aromatic nitrogens is 2. The number of halogens is 1. The predicted octanol–water partition coefficient (Wildman–Crippen LogP) is 3.23. The van der Waals surface area contributed by atoms with Crippen LogP contribution < -0.4 is 10.2 Å². The molecule has 108 valence electrons. The number of anilines is 3. The lowest BCUT2D eigenvalue weighted by molar-refractivity contribution is -0.115. The zero-order chi connectivity index (χ0) is 15.0. The van der Waals surface area contributed by atoms with Gasteiger partial charge in [-0.05, 0) is 37.1 Å². The predicted molar refractivity (Wildman–Crippen MR) is 83.2 cm³/mol. The van der Waals surface area contributed by atoms with Gasteiger partial charge in [0, 0.05) is 18.7 Å². The van der Waals surface area contributed by atoms with Crippen molar-refractivity contribution < 1.29 is 4.79 Å². The monoisotopic (exact) mass is 302 g/mol. The second-order valence-corrected chi connectivity index (χ2v) is 5.35. The Balaban J connectivity index is 2.20. The van der Waals surface area contributed by atoms with Gasteiger partial charge >= 0.3 is 0 Å². The summed E-state index contributed by atoms with van der Waals surface area (Å²) in [5, 5.41) is 3.05. The molecule has 1 aliphatic heterocycles. The number of nitrogens with one attached hydrogen (secondary N) is 1. The number of carbonyl (C=O) groups excluding carboxylic acids is 1. The summed E-state index contributed by atoms with van der Waals surface area (Å²) in [6.07, 6.45) is 0.391. The largest absolute Gasteiger partial charge is 0.324 e. The number of amides is 1. The van der Waals surface area contributed by atoms with Crippen molar-refractivity contribution in [3.05, 3.63) is 40.8 Å². The summed E-state index contributed by atoms with van der Waals surface area (Å²) in [7, 11) is 0. The van der Waals surface area contributed by atoms with Gasteiger partial charge in [0.15, 0.2) is 5.82 Å². The molecular weight excluding hydrogens is 288 g/mol. The van der Waals surface area contributed by atoms with Gasteiger partial charge in [0.05, 0.1) is 5.69 Å². The third kappa shape index (κ3) is 2.56. The van der Waals surface area contributed by atoms with E-state index in [9.17, 15) is 4.79 Å². The summed E-state index contributed by atoms with van der Waals surface area (Å²) in [5.74, 6) is 0.606. The first kappa shape index (κ1) is 13.8. The molecule has 1 aromatic carbocycles. The molecule has 2 heterocycles. The Morgan fingerprint density at radius 2 is 2.00 bits per heavy atom. The van der Waals surface area contributed by atoms with E-state index in [2.05, 4.69) is 15.3 Å². The van der Waals surface area contributed by atoms with Gasteiger partial charge in [-0.3, -0.25) is 4.79 Å². The smallest absolute Gasteiger partial charge is 0.226 e. The number of hydrogen-bond donors (Lipinski definition) is 1. The number of carbonyl (C=O) groups is 1. The van der Waals surface area contributed by atoms with Crippen LogP contribution in [0.5, 0.6) is 0 Å². The molecule has 1 aromatic heterocycles. The van der Waals surface area contributed by atoms with E-state index in [0.29, 0.717) is 30.2 Å². The molecule has 0 saturated carbocycles. The van der Waals surface area contributed by atoms with E-state index in [1.807, 2.05) is 43.0 Å². The lowest BCUT2D eigenvalue weighted by Gasteiger charge is -2.25. The molecule has 2 aromatic rings. The minimum atomic E-state index is -0.0404. The Morgan fingerprint density at radius 3 is 2.76 bits per heavy atom. The van der Waals surface area contributed by atoms with Gasteiger partial charge in [0.2, 0.25) is 11.2 Å². The van der Waals surface area contributed by atoms with Gasteiger partial charge in [0.25, 0.3) is 0 Å². The van der Waals surface area contributed by atoms with E-state index < -0.39 is 0 Å². The van der Waals surface area contributed by atoms with Crippen molar-refractivity contribution in [2.45, 2.75) is 20.3 Å². The van der Waals surface area contributed by atoms with Crippen LogP contribution in [-0.2, 0) is 4.79 Å². The fourth-order valence-corrected chi connectivity index (χ4v) is 2.69. The van der Waals surface area contributed by atoms with E-state index in [-0.39, 0.29) is 11.2 Å². The number of rotatable bonds is 1. The molecule has 21 heavy (non-hydrogen) atoms. The summed E-state index contributed by atoms with van der Waals surface area (Å²) >= 11 is 6.00. The molecule has 0 radical (unpaired) electrons. The van der Waals surface area contributed by atoms with E-state index in [1.165, 1.54) is 0 Å². The molecule has 0 fully saturated rings. The average molecular weight is 303 g/mol. The maximum absolute atomic E-state index is 11.9. The maximum atomic E-state index is 11.9. The first-order valence-electron chi connectivity index (χ1n) is 6.73. The lowest BCUT2D eigenvalue weighted by atomic mass is 10.1. The normalized spacial score (nSPS) is 14.4. The molecule has 0 atom stereocenters. The third-order valence-corrected chi connectivity index (χ3v) is 3.70. The molecular formula is C15H15ClN4O.